The molecule has 1 heterocycles. The number of benzene rings is 1. The molecule has 0 aliphatic rings. The summed E-state index contributed by atoms with van der Waals surface area (Å²) in [5.41, 5.74) is 5.54. The Morgan fingerprint density at radius 3 is 2.95 bits per heavy atom. The number of hydrogen-bond donors (Lipinski definition) is 1. The Kier molecular flexibility index (Phi) is 3.66. The maximum atomic E-state index is 11.4. The molecule has 1 unspecified atom stereocenters. The topological polar surface area (TPSA) is 74.4 Å². The second kappa shape index (κ2) is 5.24. The van der Waals surface area contributed by atoms with Crippen LogP contribution >= 0.6 is 0 Å². The van der Waals surface area contributed by atoms with Gasteiger partial charge in [0.25, 0.3) is 0 Å². The highest BCUT2D eigenvalue weighted by Crippen LogP contribution is 2.19. The summed E-state index contributed by atoms with van der Waals surface area (Å²) >= 11 is 0. The van der Waals surface area contributed by atoms with Crippen LogP contribution in [0.15, 0.2) is 36.5 Å². The van der Waals surface area contributed by atoms with E-state index in [2.05, 4.69) is 9.72 Å². The van der Waals surface area contributed by atoms with Gasteiger partial charge in [0.05, 0.1) is 12.6 Å². The van der Waals surface area contributed by atoms with Gasteiger partial charge < -0.3 is 15.2 Å². The van der Waals surface area contributed by atoms with E-state index in [0.717, 1.165) is 10.9 Å². The molecular formula is C14H16N2O3. The first kappa shape index (κ1) is 13.3. The third kappa shape index (κ3) is 3.00. The van der Waals surface area contributed by atoms with Crippen molar-refractivity contribution in [3.05, 3.63) is 36.5 Å². The fourth-order valence-corrected chi connectivity index (χ4v) is 1.67. The van der Waals surface area contributed by atoms with Gasteiger partial charge >= 0.3 is 5.97 Å². The first-order chi connectivity index (χ1) is 9.03. The number of pyridine rings is 1. The Hall–Kier alpha value is -2.14. The van der Waals surface area contributed by atoms with Gasteiger partial charge in [-0.25, -0.2) is 4.79 Å². The van der Waals surface area contributed by atoms with Crippen LogP contribution in [0.5, 0.6) is 5.75 Å². The molecule has 0 spiro atoms. The molecule has 0 saturated carbocycles. The second-order valence-electron chi connectivity index (χ2n) is 4.56. The zero-order valence-electron chi connectivity index (χ0n) is 10.9. The van der Waals surface area contributed by atoms with Crippen molar-refractivity contribution in [3.63, 3.8) is 0 Å². The van der Waals surface area contributed by atoms with Gasteiger partial charge in [-0.1, -0.05) is 6.07 Å². The molecule has 0 saturated heterocycles. The largest absolute Gasteiger partial charge is 0.491 e. The van der Waals surface area contributed by atoms with Crippen LogP contribution in [-0.4, -0.2) is 30.2 Å². The summed E-state index contributed by atoms with van der Waals surface area (Å²) in [4.78, 5) is 15.6. The van der Waals surface area contributed by atoms with Crippen LogP contribution in [0.25, 0.3) is 10.9 Å². The first-order valence-electron chi connectivity index (χ1n) is 5.88. The number of ether oxygens (including phenoxy) is 2. The Morgan fingerprint density at radius 1 is 1.42 bits per heavy atom. The molecule has 0 aliphatic heterocycles. The minimum Gasteiger partial charge on any atom is -0.491 e. The molecule has 2 rings (SSSR count). The number of carbonyl (C=O) groups excluding carboxylic acids is 1. The summed E-state index contributed by atoms with van der Waals surface area (Å²) in [6.07, 6.45) is 1.73. The van der Waals surface area contributed by atoms with E-state index >= 15 is 0 Å². The highest BCUT2D eigenvalue weighted by Gasteiger charge is 2.30. The van der Waals surface area contributed by atoms with Crippen molar-refractivity contribution in [1.82, 2.24) is 4.98 Å². The van der Waals surface area contributed by atoms with Gasteiger partial charge in [-0.3, -0.25) is 4.98 Å². The standard InChI is InChI=1S/C14H16N2O3/c1-14(15,13(17)18-2)9-19-11-5-6-12-10(8-11)4-3-7-16-12/h3-8H,9,15H2,1-2H3. The smallest absolute Gasteiger partial charge is 0.329 e. The van der Waals surface area contributed by atoms with Gasteiger partial charge in [-0.2, -0.15) is 0 Å². The number of methoxy groups -OCH3 is 1. The normalized spacial score (nSPS) is 13.8. The number of fused-ring (bicyclic) bond motifs is 1. The number of nitrogens with two attached hydrogens (primary N) is 1. The van der Waals surface area contributed by atoms with E-state index in [1.165, 1.54) is 7.11 Å². The van der Waals surface area contributed by atoms with Crippen molar-refractivity contribution >= 4 is 16.9 Å². The van der Waals surface area contributed by atoms with E-state index in [4.69, 9.17) is 10.5 Å². The van der Waals surface area contributed by atoms with E-state index < -0.39 is 11.5 Å². The van der Waals surface area contributed by atoms with Crippen LogP contribution in [0.4, 0.5) is 0 Å². The maximum Gasteiger partial charge on any atom is 0.329 e. The van der Waals surface area contributed by atoms with Gasteiger partial charge in [0.15, 0.2) is 0 Å². The lowest BCUT2D eigenvalue weighted by Gasteiger charge is -2.21. The Balaban J connectivity index is 2.12. The Labute approximate surface area is 111 Å². The summed E-state index contributed by atoms with van der Waals surface area (Å²) < 4.78 is 10.2. The molecule has 5 nitrogen and oxygen atoms in total. The van der Waals surface area contributed by atoms with E-state index in [0.29, 0.717) is 5.75 Å². The summed E-state index contributed by atoms with van der Waals surface area (Å²) in [7, 11) is 1.30. The van der Waals surface area contributed by atoms with Crippen LogP contribution in [0.1, 0.15) is 6.92 Å². The van der Waals surface area contributed by atoms with Crippen molar-refractivity contribution in [2.75, 3.05) is 13.7 Å². The number of esters is 1. The molecule has 1 aromatic carbocycles. The van der Waals surface area contributed by atoms with Crippen LogP contribution in [0, 0.1) is 0 Å². The average molecular weight is 260 g/mol. The van der Waals surface area contributed by atoms with Gasteiger partial charge in [-0.05, 0) is 31.2 Å². The third-order valence-electron chi connectivity index (χ3n) is 2.76. The molecule has 2 N–H and O–H groups in total. The van der Waals surface area contributed by atoms with Crippen LogP contribution in [0.3, 0.4) is 0 Å². The quantitative estimate of drug-likeness (QED) is 0.843. The summed E-state index contributed by atoms with van der Waals surface area (Å²) in [6, 6.07) is 9.31. The van der Waals surface area contributed by atoms with Crippen molar-refractivity contribution < 1.29 is 14.3 Å². The van der Waals surface area contributed by atoms with Gasteiger partial charge in [0, 0.05) is 11.6 Å². The molecule has 0 fully saturated rings. The summed E-state index contributed by atoms with van der Waals surface area (Å²) in [6.45, 7) is 1.62. The van der Waals surface area contributed by atoms with Gasteiger partial charge in [0.1, 0.15) is 17.9 Å². The lowest BCUT2D eigenvalue weighted by molar-refractivity contribution is -0.147. The molecule has 0 aliphatic carbocycles. The molecular weight excluding hydrogens is 244 g/mol. The fourth-order valence-electron chi connectivity index (χ4n) is 1.67. The van der Waals surface area contributed by atoms with Gasteiger partial charge in [-0.15, -0.1) is 0 Å². The molecule has 0 amide bonds. The Morgan fingerprint density at radius 2 is 2.21 bits per heavy atom. The van der Waals surface area contributed by atoms with Crippen molar-refractivity contribution in [1.29, 1.82) is 0 Å². The molecule has 5 heteroatoms. The van der Waals surface area contributed by atoms with E-state index in [1.807, 2.05) is 24.3 Å². The summed E-state index contributed by atoms with van der Waals surface area (Å²) in [5.74, 6) is 0.135. The summed E-state index contributed by atoms with van der Waals surface area (Å²) in [5, 5.41) is 0.969. The highest BCUT2D eigenvalue weighted by atomic mass is 16.5. The minimum absolute atomic E-state index is 0.0471. The lowest BCUT2D eigenvalue weighted by Crippen LogP contribution is -2.50. The lowest BCUT2D eigenvalue weighted by atomic mass is 10.1. The van der Waals surface area contributed by atoms with E-state index in [-0.39, 0.29) is 6.61 Å². The number of hydrogen-bond acceptors (Lipinski definition) is 5. The van der Waals surface area contributed by atoms with Crippen molar-refractivity contribution in [3.8, 4) is 5.75 Å². The fraction of sp³-hybridized carbons (Fsp3) is 0.286. The first-order valence-corrected chi connectivity index (χ1v) is 5.88. The maximum absolute atomic E-state index is 11.4. The molecule has 0 radical (unpaired) electrons. The molecule has 1 atom stereocenters. The number of nitrogens with zero attached hydrogens (tertiary/aromatic N) is 1. The third-order valence-corrected chi connectivity index (χ3v) is 2.76. The van der Waals surface area contributed by atoms with Crippen LogP contribution in [-0.2, 0) is 9.53 Å². The molecule has 0 bridgehead atoms. The average Bonchev–Trinajstić information content (AvgIpc) is 2.44. The minimum atomic E-state index is -1.17. The molecule has 100 valence electrons. The van der Waals surface area contributed by atoms with Crippen LogP contribution in [0.2, 0.25) is 0 Å². The number of rotatable bonds is 4. The predicted octanol–water partition coefficient (Wildman–Crippen LogP) is 1.50. The monoisotopic (exact) mass is 260 g/mol. The Bertz CT molecular complexity index is 596. The van der Waals surface area contributed by atoms with Gasteiger partial charge in [0.2, 0.25) is 0 Å². The SMILES string of the molecule is COC(=O)C(C)(N)COc1ccc2ncccc2c1. The second-order valence-corrected chi connectivity index (χ2v) is 4.56. The zero-order chi connectivity index (χ0) is 13.9. The van der Waals surface area contributed by atoms with Crippen molar-refractivity contribution in [2.24, 2.45) is 5.73 Å². The van der Waals surface area contributed by atoms with Crippen LogP contribution < -0.4 is 10.5 Å². The highest BCUT2D eigenvalue weighted by molar-refractivity contribution is 5.81. The van der Waals surface area contributed by atoms with E-state index in [1.54, 1.807) is 19.2 Å². The zero-order valence-corrected chi connectivity index (χ0v) is 10.9. The van der Waals surface area contributed by atoms with Crippen molar-refractivity contribution in [2.45, 2.75) is 12.5 Å². The number of aromatic nitrogens is 1. The predicted molar refractivity (Wildman–Crippen MR) is 71.8 cm³/mol. The molecule has 2 aromatic rings. The number of carbonyl (C=O) groups is 1. The molecule has 1 aromatic heterocycles. The van der Waals surface area contributed by atoms with E-state index in [9.17, 15) is 4.79 Å². The molecule has 19 heavy (non-hydrogen) atoms.